The Hall–Kier alpha value is -1.06. The second-order valence-electron chi connectivity index (χ2n) is 3.95. The van der Waals surface area contributed by atoms with Gasteiger partial charge in [-0.05, 0) is 31.1 Å². The molecule has 2 amide bonds. The van der Waals surface area contributed by atoms with E-state index < -0.39 is 0 Å². The summed E-state index contributed by atoms with van der Waals surface area (Å²) in [5.41, 5.74) is 0. The molecule has 0 aromatic heterocycles. The second kappa shape index (κ2) is 6.40. The molecule has 1 rings (SSSR count). The third-order valence-corrected chi connectivity index (χ3v) is 2.87. The molecule has 1 aliphatic rings. The quantitative estimate of drug-likeness (QED) is 0.602. The highest BCUT2D eigenvalue weighted by Gasteiger charge is 2.21. The van der Waals surface area contributed by atoms with Gasteiger partial charge in [-0.1, -0.05) is 6.42 Å². The van der Waals surface area contributed by atoms with Gasteiger partial charge in [-0.25, -0.2) is 0 Å². The van der Waals surface area contributed by atoms with Gasteiger partial charge in [0.1, 0.15) is 0 Å². The molecule has 0 bridgehead atoms. The van der Waals surface area contributed by atoms with Crippen molar-refractivity contribution in [2.24, 2.45) is 11.8 Å². The molecule has 2 unspecified atom stereocenters. The lowest BCUT2D eigenvalue weighted by molar-refractivity contribution is -0.110. The van der Waals surface area contributed by atoms with Gasteiger partial charge in [0.05, 0.1) is 0 Å². The SMILES string of the molecule is O=CNCC1CCCC(CNC=O)C1. The van der Waals surface area contributed by atoms with E-state index in [1.807, 2.05) is 0 Å². The average Bonchev–Trinajstić information content (AvgIpc) is 2.24. The molecule has 4 nitrogen and oxygen atoms in total. The molecule has 0 aromatic rings. The number of carbonyl (C=O) groups is 2. The number of amides is 2. The average molecular weight is 198 g/mol. The Labute approximate surface area is 84.4 Å². The summed E-state index contributed by atoms with van der Waals surface area (Å²) in [6.07, 6.45) is 6.22. The first-order valence-electron chi connectivity index (χ1n) is 5.21. The first-order valence-corrected chi connectivity index (χ1v) is 5.21. The summed E-state index contributed by atoms with van der Waals surface area (Å²) in [6, 6.07) is 0. The fourth-order valence-electron chi connectivity index (χ4n) is 2.20. The highest BCUT2D eigenvalue weighted by Crippen LogP contribution is 2.27. The zero-order valence-electron chi connectivity index (χ0n) is 8.37. The molecule has 2 N–H and O–H groups in total. The second-order valence-corrected chi connectivity index (χ2v) is 3.95. The zero-order chi connectivity index (χ0) is 10.2. The third kappa shape index (κ3) is 3.77. The van der Waals surface area contributed by atoms with Gasteiger partial charge in [0.2, 0.25) is 12.8 Å². The van der Waals surface area contributed by atoms with E-state index in [4.69, 9.17) is 0 Å². The van der Waals surface area contributed by atoms with Crippen LogP contribution in [0, 0.1) is 11.8 Å². The van der Waals surface area contributed by atoms with E-state index in [0.717, 1.165) is 32.3 Å². The van der Waals surface area contributed by atoms with Crippen LogP contribution >= 0.6 is 0 Å². The first kappa shape index (κ1) is 11.0. The van der Waals surface area contributed by atoms with Crippen molar-refractivity contribution in [3.63, 3.8) is 0 Å². The molecule has 0 radical (unpaired) electrons. The van der Waals surface area contributed by atoms with Gasteiger partial charge in [-0.15, -0.1) is 0 Å². The summed E-state index contributed by atoms with van der Waals surface area (Å²) in [5.74, 6) is 1.18. The normalized spacial score (nSPS) is 26.6. The summed E-state index contributed by atoms with van der Waals surface area (Å²) in [7, 11) is 0. The standard InChI is InChI=1S/C10H18N2O2/c13-7-11-5-9-2-1-3-10(4-9)6-12-8-14/h7-10H,1-6H2,(H,11,13)(H,12,14). The van der Waals surface area contributed by atoms with Crippen molar-refractivity contribution in [2.75, 3.05) is 13.1 Å². The van der Waals surface area contributed by atoms with Crippen molar-refractivity contribution in [1.82, 2.24) is 10.6 Å². The Morgan fingerprint density at radius 2 is 1.50 bits per heavy atom. The molecule has 4 heteroatoms. The number of carbonyl (C=O) groups excluding carboxylic acids is 2. The number of nitrogens with one attached hydrogen (secondary N) is 2. The Kier molecular flexibility index (Phi) is 5.04. The van der Waals surface area contributed by atoms with Crippen molar-refractivity contribution in [3.05, 3.63) is 0 Å². The number of hydrogen-bond donors (Lipinski definition) is 2. The Balaban J connectivity index is 2.20. The summed E-state index contributed by atoms with van der Waals surface area (Å²) in [6.45, 7) is 1.56. The van der Waals surface area contributed by atoms with Gasteiger partial charge in [0.15, 0.2) is 0 Å². The lowest BCUT2D eigenvalue weighted by Gasteiger charge is -2.28. The summed E-state index contributed by atoms with van der Waals surface area (Å²) in [5, 5.41) is 5.45. The molecule has 80 valence electrons. The smallest absolute Gasteiger partial charge is 0.207 e. The fraction of sp³-hybridized carbons (Fsp3) is 0.800. The van der Waals surface area contributed by atoms with Crippen LogP contribution in [0.25, 0.3) is 0 Å². The molecule has 2 atom stereocenters. The maximum atomic E-state index is 10.1. The largest absolute Gasteiger partial charge is 0.358 e. The van der Waals surface area contributed by atoms with Crippen LogP contribution in [-0.2, 0) is 9.59 Å². The molecule has 0 heterocycles. The molecule has 1 fully saturated rings. The number of rotatable bonds is 6. The van der Waals surface area contributed by atoms with Crippen molar-refractivity contribution >= 4 is 12.8 Å². The van der Waals surface area contributed by atoms with Crippen LogP contribution in [0.3, 0.4) is 0 Å². The third-order valence-electron chi connectivity index (χ3n) is 2.87. The maximum absolute atomic E-state index is 10.1. The minimum atomic E-state index is 0.590. The predicted molar refractivity (Wildman–Crippen MR) is 53.6 cm³/mol. The van der Waals surface area contributed by atoms with Crippen LogP contribution in [0.5, 0.6) is 0 Å². The van der Waals surface area contributed by atoms with Crippen molar-refractivity contribution in [3.8, 4) is 0 Å². The Bertz CT molecular complexity index is 167. The van der Waals surface area contributed by atoms with Gasteiger partial charge < -0.3 is 10.6 Å². The van der Waals surface area contributed by atoms with E-state index >= 15 is 0 Å². The highest BCUT2D eigenvalue weighted by atomic mass is 16.1. The molecule has 0 aliphatic heterocycles. The van der Waals surface area contributed by atoms with Crippen LogP contribution in [0.4, 0.5) is 0 Å². The fourth-order valence-corrected chi connectivity index (χ4v) is 2.20. The molecule has 0 spiro atoms. The predicted octanol–water partition coefficient (Wildman–Crippen LogP) is 0.285. The molecule has 1 saturated carbocycles. The van der Waals surface area contributed by atoms with Crippen LogP contribution in [0.2, 0.25) is 0 Å². The van der Waals surface area contributed by atoms with Crippen molar-refractivity contribution < 1.29 is 9.59 Å². The molecule has 0 saturated heterocycles. The summed E-state index contributed by atoms with van der Waals surface area (Å²) >= 11 is 0. The van der Waals surface area contributed by atoms with E-state index in [1.165, 1.54) is 19.3 Å². The lowest BCUT2D eigenvalue weighted by Crippen LogP contribution is -2.30. The minimum absolute atomic E-state index is 0.590. The summed E-state index contributed by atoms with van der Waals surface area (Å²) in [4.78, 5) is 20.3. The van der Waals surface area contributed by atoms with E-state index in [9.17, 15) is 9.59 Å². The molecule has 14 heavy (non-hydrogen) atoms. The van der Waals surface area contributed by atoms with Crippen LogP contribution in [0.1, 0.15) is 25.7 Å². The van der Waals surface area contributed by atoms with Crippen LogP contribution in [0.15, 0.2) is 0 Å². The van der Waals surface area contributed by atoms with Gasteiger partial charge in [-0.3, -0.25) is 9.59 Å². The van der Waals surface area contributed by atoms with Crippen LogP contribution < -0.4 is 10.6 Å². The summed E-state index contributed by atoms with van der Waals surface area (Å²) < 4.78 is 0. The monoisotopic (exact) mass is 198 g/mol. The molecular weight excluding hydrogens is 180 g/mol. The van der Waals surface area contributed by atoms with Gasteiger partial charge >= 0.3 is 0 Å². The zero-order valence-corrected chi connectivity index (χ0v) is 8.37. The molecule has 1 aliphatic carbocycles. The molecule has 0 aromatic carbocycles. The Morgan fingerprint density at radius 3 is 1.93 bits per heavy atom. The molecular formula is C10H18N2O2. The topological polar surface area (TPSA) is 58.2 Å². The van der Waals surface area contributed by atoms with E-state index in [0.29, 0.717) is 11.8 Å². The van der Waals surface area contributed by atoms with E-state index in [2.05, 4.69) is 10.6 Å². The van der Waals surface area contributed by atoms with E-state index in [1.54, 1.807) is 0 Å². The van der Waals surface area contributed by atoms with Gasteiger partial charge in [0, 0.05) is 13.1 Å². The first-order chi connectivity index (χ1) is 6.86. The lowest BCUT2D eigenvalue weighted by atomic mass is 9.81. The minimum Gasteiger partial charge on any atom is -0.358 e. The van der Waals surface area contributed by atoms with Crippen molar-refractivity contribution in [1.29, 1.82) is 0 Å². The van der Waals surface area contributed by atoms with Gasteiger partial charge in [-0.2, -0.15) is 0 Å². The van der Waals surface area contributed by atoms with E-state index in [-0.39, 0.29) is 0 Å². The Morgan fingerprint density at radius 1 is 1.00 bits per heavy atom. The van der Waals surface area contributed by atoms with Crippen LogP contribution in [-0.4, -0.2) is 25.9 Å². The highest BCUT2D eigenvalue weighted by molar-refractivity contribution is 5.46. The van der Waals surface area contributed by atoms with Gasteiger partial charge in [0.25, 0.3) is 0 Å². The number of hydrogen-bond acceptors (Lipinski definition) is 2. The maximum Gasteiger partial charge on any atom is 0.207 e. The van der Waals surface area contributed by atoms with Crippen molar-refractivity contribution in [2.45, 2.75) is 25.7 Å².